The van der Waals surface area contributed by atoms with E-state index in [1.54, 1.807) is 12.1 Å². The van der Waals surface area contributed by atoms with E-state index in [9.17, 15) is 10.1 Å². The molecular weight excluding hydrogens is 322 g/mol. The van der Waals surface area contributed by atoms with E-state index in [0.717, 1.165) is 36.9 Å². The van der Waals surface area contributed by atoms with Crippen LogP contribution in [-0.2, 0) is 0 Å². The van der Waals surface area contributed by atoms with Crippen LogP contribution in [0, 0.1) is 15.5 Å². The number of nitro benzene ring substituents is 1. The van der Waals surface area contributed by atoms with Gasteiger partial charge in [0.05, 0.1) is 4.92 Å². The summed E-state index contributed by atoms with van der Waals surface area (Å²) >= 11 is 3.27. The molecule has 1 saturated heterocycles. The largest absolute Gasteiger partial charge is 0.379 e. The Bertz CT molecular complexity index is 499. The summed E-state index contributed by atoms with van der Waals surface area (Å²) in [4.78, 5) is 13.1. The van der Waals surface area contributed by atoms with E-state index >= 15 is 0 Å². The Labute approximate surface area is 127 Å². The molecule has 20 heavy (non-hydrogen) atoms. The Morgan fingerprint density at radius 1 is 1.45 bits per heavy atom. The van der Waals surface area contributed by atoms with E-state index in [4.69, 9.17) is 0 Å². The summed E-state index contributed by atoms with van der Waals surface area (Å²) in [7, 11) is 2.13. The Kier molecular flexibility index (Phi) is 4.65. The molecule has 0 bridgehead atoms. The number of rotatable bonds is 4. The number of anilines is 1. The van der Waals surface area contributed by atoms with Crippen LogP contribution in [0.25, 0.3) is 0 Å². The monoisotopic (exact) mass is 341 g/mol. The van der Waals surface area contributed by atoms with Crippen LogP contribution in [0.5, 0.6) is 0 Å². The fraction of sp³-hybridized carbons (Fsp3) is 0.571. The maximum absolute atomic E-state index is 11.1. The molecule has 0 radical (unpaired) electrons. The number of nitrogens with one attached hydrogen (secondary N) is 1. The maximum atomic E-state index is 11.1. The van der Waals surface area contributed by atoms with E-state index in [1.807, 2.05) is 6.07 Å². The average molecular weight is 342 g/mol. The van der Waals surface area contributed by atoms with Crippen molar-refractivity contribution in [1.29, 1.82) is 0 Å². The standard InChI is InChI=1S/C14H20BrN3O2/c1-14(5-7-17(2)8-6-14)10-16-12-4-3-11(15)9-13(12)18(19)20/h3-4,9,16H,5-8,10H2,1-2H3. The quantitative estimate of drug-likeness (QED) is 0.672. The number of halogens is 1. The third-order valence-corrected chi connectivity index (χ3v) is 4.55. The summed E-state index contributed by atoms with van der Waals surface area (Å²) in [6, 6.07) is 5.13. The van der Waals surface area contributed by atoms with Crippen LogP contribution in [0.2, 0.25) is 0 Å². The third kappa shape index (κ3) is 3.70. The van der Waals surface area contributed by atoms with Gasteiger partial charge in [0.2, 0.25) is 0 Å². The number of hydrogen-bond donors (Lipinski definition) is 1. The highest BCUT2D eigenvalue weighted by Crippen LogP contribution is 2.33. The molecule has 1 heterocycles. The van der Waals surface area contributed by atoms with Gasteiger partial charge in [0, 0.05) is 17.1 Å². The number of nitrogens with zero attached hydrogens (tertiary/aromatic N) is 2. The summed E-state index contributed by atoms with van der Waals surface area (Å²) in [5, 5.41) is 14.4. The number of benzene rings is 1. The zero-order chi connectivity index (χ0) is 14.8. The molecule has 1 aliphatic rings. The average Bonchev–Trinajstić information content (AvgIpc) is 2.41. The first-order valence-corrected chi connectivity index (χ1v) is 7.55. The molecule has 0 amide bonds. The molecule has 6 heteroatoms. The van der Waals surface area contributed by atoms with E-state index in [1.165, 1.54) is 0 Å². The van der Waals surface area contributed by atoms with Gasteiger partial charge in [-0.05, 0) is 50.5 Å². The minimum absolute atomic E-state index is 0.121. The highest BCUT2D eigenvalue weighted by molar-refractivity contribution is 9.10. The molecule has 1 fully saturated rings. The molecule has 0 atom stereocenters. The van der Waals surface area contributed by atoms with Gasteiger partial charge < -0.3 is 10.2 Å². The van der Waals surface area contributed by atoms with Gasteiger partial charge in [0.25, 0.3) is 5.69 Å². The second-order valence-electron chi connectivity index (χ2n) is 5.89. The van der Waals surface area contributed by atoms with Crippen molar-refractivity contribution in [2.24, 2.45) is 5.41 Å². The van der Waals surface area contributed by atoms with Gasteiger partial charge in [-0.25, -0.2) is 0 Å². The molecule has 1 aliphatic heterocycles. The van der Waals surface area contributed by atoms with Gasteiger partial charge in [-0.15, -0.1) is 0 Å². The number of nitro groups is 1. The fourth-order valence-electron chi connectivity index (χ4n) is 2.45. The fourth-order valence-corrected chi connectivity index (χ4v) is 2.80. The van der Waals surface area contributed by atoms with E-state index in [-0.39, 0.29) is 16.0 Å². The van der Waals surface area contributed by atoms with Gasteiger partial charge in [-0.3, -0.25) is 10.1 Å². The van der Waals surface area contributed by atoms with Gasteiger partial charge in [-0.1, -0.05) is 22.9 Å². The van der Waals surface area contributed by atoms with Crippen molar-refractivity contribution in [1.82, 2.24) is 4.90 Å². The van der Waals surface area contributed by atoms with Crippen molar-refractivity contribution in [2.75, 3.05) is 32.0 Å². The van der Waals surface area contributed by atoms with Crippen molar-refractivity contribution in [2.45, 2.75) is 19.8 Å². The lowest BCUT2D eigenvalue weighted by Gasteiger charge is -2.38. The molecule has 110 valence electrons. The smallest absolute Gasteiger partial charge is 0.293 e. The molecule has 0 aromatic heterocycles. The molecular formula is C14H20BrN3O2. The van der Waals surface area contributed by atoms with E-state index in [2.05, 4.69) is 40.1 Å². The van der Waals surface area contributed by atoms with Crippen molar-refractivity contribution in [3.63, 3.8) is 0 Å². The van der Waals surface area contributed by atoms with Crippen LogP contribution in [-0.4, -0.2) is 36.5 Å². The van der Waals surface area contributed by atoms with Crippen molar-refractivity contribution in [3.8, 4) is 0 Å². The summed E-state index contributed by atoms with van der Waals surface area (Å²) in [6.45, 7) is 5.18. The first-order valence-electron chi connectivity index (χ1n) is 6.76. The summed E-state index contributed by atoms with van der Waals surface area (Å²) in [5.74, 6) is 0. The van der Waals surface area contributed by atoms with Gasteiger partial charge >= 0.3 is 0 Å². The van der Waals surface area contributed by atoms with Crippen LogP contribution >= 0.6 is 15.9 Å². The minimum atomic E-state index is -0.343. The molecule has 1 aromatic rings. The van der Waals surface area contributed by atoms with Crippen molar-refractivity contribution >= 4 is 27.3 Å². The molecule has 0 aliphatic carbocycles. The highest BCUT2D eigenvalue weighted by Gasteiger charge is 2.29. The van der Waals surface area contributed by atoms with Crippen LogP contribution in [0.4, 0.5) is 11.4 Å². The first kappa shape index (κ1) is 15.3. The zero-order valence-electron chi connectivity index (χ0n) is 11.9. The van der Waals surface area contributed by atoms with E-state index in [0.29, 0.717) is 5.69 Å². The topological polar surface area (TPSA) is 58.4 Å². The third-order valence-electron chi connectivity index (χ3n) is 4.06. The predicted molar refractivity (Wildman–Crippen MR) is 84.1 cm³/mol. The lowest BCUT2D eigenvalue weighted by Crippen LogP contribution is -2.40. The first-order chi connectivity index (χ1) is 9.39. The van der Waals surface area contributed by atoms with Crippen molar-refractivity contribution in [3.05, 3.63) is 32.8 Å². The second kappa shape index (κ2) is 6.10. The van der Waals surface area contributed by atoms with Crippen LogP contribution in [0.1, 0.15) is 19.8 Å². The summed E-state index contributed by atoms with van der Waals surface area (Å²) < 4.78 is 0.722. The highest BCUT2D eigenvalue weighted by atomic mass is 79.9. The lowest BCUT2D eigenvalue weighted by atomic mass is 9.80. The Morgan fingerprint density at radius 2 is 2.10 bits per heavy atom. The van der Waals surface area contributed by atoms with Crippen LogP contribution in [0.3, 0.4) is 0 Å². The summed E-state index contributed by atoms with van der Waals surface area (Å²) in [6.07, 6.45) is 2.22. The zero-order valence-corrected chi connectivity index (χ0v) is 13.4. The van der Waals surface area contributed by atoms with Gasteiger partial charge in [-0.2, -0.15) is 0 Å². The van der Waals surface area contributed by atoms with Crippen molar-refractivity contribution < 1.29 is 4.92 Å². The molecule has 1 aromatic carbocycles. The molecule has 5 nitrogen and oxygen atoms in total. The normalized spacial score (nSPS) is 18.8. The van der Waals surface area contributed by atoms with Crippen LogP contribution < -0.4 is 5.32 Å². The maximum Gasteiger partial charge on any atom is 0.293 e. The molecule has 0 spiro atoms. The van der Waals surface area contributed by atoms with Crippen LogP contribution in [0.15, 0.2) is 22.7 Å². The Morgan fingerprint density at radius 3 is 2.70 bits per heavy atom. The minimum Gasteiger partial charge on any atom is -0.379 e. The van der Waals surface area contributed by atoms with Gasteiger partial charge in [0.15, 0.2) is 0 Å². The number of hydrogen-bond acceptors (Lipinski definition) is 4. The number of piperidine rings is 1. The second-order valence-corrected chi connectivity index (χ2v) is 6.80. The molecule has 0 unspecified atom stereocenters. The SMILES string of the molecule is CN1CCC(C)(CNc2ccc(Br)cc2[N+](=O)[O-])CC1. The lowest BCUT2D eigenvalue weighted by molar-refractivity contribution is -0.384. The summed E-state index contributed by atoms with van der Waals surface area (Å²) in [5.41, 5.74) is 0.919. The Balaban J connectivity index is 2.05. The predicted octanol–water partition coefficient (Wildman–Crippen LogP) is 3.50. The molecule has 1 N–H and O–H groups in total. The molecule has 2 rings (SSSR count). The van der Waals surface area contributed by atoms with Gasteiger partial charge in [0.1, 0.15) is 5.69 Å². The number of likely N-dealkylation sites (tertiary alicyclic amines) is 1. The Hall–Kier alpha value is -1.14. The molecule has 0 saturated carbocycles. The van der Waals surface area contributed by atoms with E-state index < -0.39 is 0 Å².